The van der Waals surface area contributed by atoms with Gasteiger partial charge in [-0.3, -0.25) is 0 Å². The van der Waals surface area contributed by atoms with Gasteiger partial charge in [-0.15, -0.1) is 0 Å². The maximum absolute atomic E-state index is 11.7. The summed E-state index contributed by atoms with van der Waals surface area (Å²) in [5, 5.41) is 11.5. The summed E-state index contributed by atoms with van der Waals surface area (Å²) in [6.45, 7) is 1.93. The Bertz CT molecular complexity index is 598. The molecule has 7 heteroatoms. The predicted molar refractivity (Wildman–Crippen MR) is 71.2 cm³/mol. The molecule has 0 saturated carbocycles. The highest BCUT2D eigenvalue weighted by Crippen LogP contribution is 2.20. The molecule has 0 aromatic carbocycles. The highest BCUT2D eigenvalue weighted by Gasteiger charge is 2.30. The van der Waals surface area contributed by atoms with Gasteiger partial charge in [-0.1, -0.05) is 0 Å². The summed E-state index contributed by atoms with van der Waals surface area (Å²) in [6, 6.07) is 3.02. The van der Waals surface area contributed by atoms with Crippen molar-refractivity contribution in [3.63, 3.8) is 0 Å². The van der Waals surface area contributed by atoms with Crippen molar-refractivity contribution in [2.45, 2.75) is 25.0 Å². The van der Waals surface area contributed by atoms with Gasteiger partial charge in [0.1, 0.15) is 5.82 Å². The zero-order valence-corrected chi connectivity index (χ0v) is 11.4. The monoisotopic (exact) mass is 284 g/mol. The van der Waals surface area contributed by atoms with Crippen molar-refractivity contribution >= 4 is 21.6 Å². The molecule has 1 aromatic heterocycles. The number of nitrogens with one attached hydrogen (secondary N) is 1. The average Bonchev–Trinajstić information content (AvgIpc) is 2.65. The second-order valence-corrected chi connectivity index (χ2v) is 7.05. The number of aromatic nitrogens is 1. The van der Waals surface area contributed by atoms with Crippen LogP contribution >= 0.6 is 0 Å². The summed E-state index contributed by atoms with van der Waals surface area (Å²) in [5.74, 6) is -0.261. The van der Waals surface area contributed by atoms with Crippen LogP contribution in [0.1, 0.15) is 28.9 Å². The van der Waals surface area contributed by atoms with E-state index in [0.29, 0.717) is 30.9 Å². The maximum Gasteiger partial charge on any atom is 0.337 e. The maximum atomic E-state index is 11.7. The van der Waals surface area contributed by atoms with Gasteiger partial charge in [-0.2, -0.15) is 0 Å². The van der Waals surface area contributed by atoms with Crippen LogP contribution in [0.4, 0.5) is 5.82 Å². The van der Waals surface area contributed by atoms with Gasteiger partial charge in [0, 0.05) is 6.54 Å². The number of hydrogen-bond acceptors (Lipinski definition) is 5. The number of anilines is 1. The summed E-state index contributed by atoms with van der Waals surface area (Å²) in [4.78, 5) is 15.0. The van der Waals surface area contributed by atoms with E-state index in [1.807, 2.05) is 0 Å². The van der Waals surface area contributed by atoms with Gasteiger partial charge >= 0.3 is 5.97 Å². The molecule has 2 rings (SSSR count). The van der Waals surface area contributed by atoms with Crippen molar-refractivity contribution in [3.05, 3.63) is 23.4 Å². The van der Waals surface area contributed by atoms with Crippen LogP contribution in [-0.4, -0.2) is 42.0 Å². The molecule has 1 atom stereocenters. The summed E-state index contributed by atoms with van der Waals surface area (Å²) < 4.78 is 23.3. The number of carbonyl (C=O) groups is 1. The van der Waals surface area contributed by atoms with Gasteiger partial charge in [0.25, 0.3) is 0 Å². The standard InChI is InChI=1S/C12H16N2O4S/c1-8-10(12(15)16)4-5-11(14-8)13-7-9-3-2-6-19(9,17)18/h4-5,9H,2-3,6-7H2,1H3,(H,13,14)(H,15,16). The fraction of sp³-hybridized carbons (Fsp3) is 0.500. The number of sulfone groups is 1. The quantitative estimate of drug-likeness (QED) is 0.858. The van der Waals surface area contributed by atoms with Crippen LogP contribution in [-0.2, 0) is 9.84 Å². The molecule has 1 unspecified atom stereocenters. The molecular formula is C12H16N2O4S. The fourth-order valence-corrected chi connectivity index (χ4v) is 3.96. The lowest BCUT2D eigenvalue weighted by Gasteiger charge is -2.12. The smallest absolute Gasteiger partial charge is 0.337 e. The third kappa shape index (κ3) is 3.04. The lowest BCUT2D eigenvalue weighted by Crippen LogP contribution is -2.25. The number of carboxylic acids is 1. The predicted octanol–water partition coefficient (Wildman–Crippen LogP) is 1.08. The lowest BCUT2D eigenvalue weighted by molar-refractivity contribution is 0.0695. The number of aromatic carboxylic acids is 1. The first-order chi connectivity index (χ1) is 8.90. The molecule has 0 radical (unpaired) electrons. The first-order valence-corrected chi connectivity index (χ1v) is 7.78. The van der Waals surface area contributed by atoms with Crippen LogP contribution in [0.2, 0.25) is 0 Å². The second-order valence-electron chi connectivity index (χ2n) is 4.65. The molecule has 0 aliphatic carbocycles. The highest BCUT2D eigenvalue weighted by molar-refractivity contribution is 7.92. The molecule has 1 fully saturated rings. The van der Waals surface area contributed by atoms with Crippen LogP contribution in [0.5, 0.6) is 0 Å². The number of nitrogens with zero attached hydrogens (tertiary/aromatic N) is 1. The van der Waals surface area contributed by atoms with Crippen molar-refractivity contribution in [3.8, 4) is 0 Å². The molecule has 0 amide bonds. The van der Waals surface area contributed by atoms with E-state index >= 15 is 0 Å². The van der Waals surface area contributed by atoms with E-state index in [0.717, 1.165) is 0 Å². The van der Waals surface area contributed by atoms with E-state index in [-0.39, 0.29) is 16.6 Å². The number of pyridine rings is 1. The Balaban J connectivity index is 2.05. The third-order valence-electron chi connectivity index (χ3n) is 3.29. The summed E-state index contributed by atoms with van der Waals surface area (Å²) in [6.07, 6.45) is 1.38. The minimum absolute atomic E-state index is 0.152. The molecule has 1 saturated heterocycles. The Kier molecular flexibility index (Phi) is 3.75. The van der Waals surface area contributed by atoms with Crippen LogP contribution in [0, 0.1) is 6.92 Å². The molecule has 2 heterocycles. The summed E-state index contributed by atoms with van der Waals surface area (Å²) in [5.41, 5.74) is 0.561. The van der Waals surface area contributed by atoms with Crippen LogP contribution in [0.15, 0.2) is 12.1 Å². The van der Waals surface area contributed by atoms with Crippen LogP contribution in [0.3, 0.4) is 0 Å². The Labute approximate surface area is 111 Å². The van der Waals surface area contributed by atoms with Crippen molar-refractivity contribution < 1.29 is 18.3 Å². The summed E-state index contributed by atoms with van der Waals surface area (Å²) >= 11 is 0. The molecular weight excluding hydrogens is 268 g/mol. The fourth-order valence-electron chi connectivity index (χ4n) is 2.19. The molecule has 6 nitrogen and oxygen atoms in total. The van der Waals surface area contributed by atoms with Crippen molar-refractivity contribution in [1.82, 2.24) is 4.98 Å². The SMILES string of the molecule is Cc1nc(NCC2CCCS2(=O)=O)ccc1C(=O)O. The van der Waals surface area contributed by atoms with Gasteiger partial charge < -0.3 is 10.4 Å². The Morgan fingerprint density at radius 3 is 2.79 bits per heavy atom. The van der Waals surface area contributed by atoms with E-state index in [1.165, 1.54) is 6.07 Å². The van der Waals surface area contributed by atoms with Crippen LogP contribution in [0.25, 0.3) is 0 Å². The number of rotatable bonds is 4. The van der Waals surface area contributed by atoms with Gasteiger partial charge in [-0.05, 0) is 31.9 Å². The third-order valence-corrected chi connectivity index (χ3v) is 5.57. The molecule has 1 aromatic rings. The molecule has 0 spiro atoms. The molecule has 1 aliphatic heterocycles. The minimum atomic E-state index is -2.97. The largest absolute Gasteiger partial charge is 0.478 e. The van der Waals surface area contributed by atoms with Crippen molar-refractivity contribution in [2.24, 2.45) is 0 Å². The van der Waals surface area contributed by atoms with E-state index in [9.17, 15) is 13.2 Å². The lowest BCUT2D eigenvalue weighted by atomic mass is 10.2. The molecule has 2 N–H and O–H groups in total. The number of carboxylic acid groups (broad SMARTS) is 1. The minimum Gasteiger partial charge on any atom is -0.478 e. The van der Waals surface area contributed by atoms with E-state index < -0.39 is 15.8 Å². The van der Waals surface area contributed by atoms with Crippen molar-refractivity contribution in [2.75, 3.05) is 17.6 Å². The van der Waals surface area contributed by atoms with Gasteiger partial charge in [0.2, 0.25) is 0 Å². The number of aryl methyl sites for hydroxylation is 1. The van der Waals surface area contributed by atoms with E-state index in [2.05, 4.69) is 10.3 Å². The molecule has 104 valence electrons. The number of hydrogen-bond donors (Lipinski definition) is 2. The normalized spacial score (nSPS) is 21.2. The van der Waals surface area contributed by atoms with Gasteiger partial charge in [0.15, 0.2) is 9.84 Å². The van der Waals surface area contributed by atoms with Crippen LogP contribution < -0.4 is 5.32 Å². The Hall–Kier alpha value is -1.63. The zero-order valence-electron chi connectivity index (χ0n) is 10.6. The van der Waals surface area contributed by atoms with E-state index in [1.54, 1.807) is 13.0 Å². The summed E-state index contributed by atoms with van der Waals surface area (Å²) in [7, 11) is -2.97. The average molecular weight is 284 g/mol. The van der Waals surface area contributed by atoms with Gasteiger partial charge in [0.05, 0.1) is 22.3 Å². The topological polar surface area (TPSA) is 96.4 Å². The molecule has 1 aliphatic rings. The van der Waals surface area contributed by atoms with Gasteiger partial charge in [-0.25, -0.2) is 18.2 Å². The Morgan fingerprint density at radius 1 is 1.53 bits per heavy atom. The first-order valence-electron chi connectivity index (χ1n) is 6.06. The van der Waals surface area contributed by atoms with Crippen molar-refractivity contribution in [1.29, 1.82) is 0 Å². The first kappa shape index (κ1) is 13.8. The highest BCUT2D eigenvalue weighted by atomic mass is 32.2. The zero-order chi connectivity index (χ0) is 14.0. The second kappa shape index (κ2) is 5.16. The molecule has 19 heavy (non-hydrogen) atoms. The van der Waals surface area contributed by atoms with E-state index in [4.69, 9.17) is 5.11 Å². The Morgan fingerprint density at radius 2 is 2.26 bits per heavy atom. The molecule has 0 bridgehead atoms.